The summed E-state index contributed by atoms with van der Waals surface area (Å²) in [4.78, 5) is 0. The summed E-state index contributed by atoms with van der Waals surface area (Å²) in [5.74, 6) is -1.20. The van der Waals surface area contributed by atoms with Gasteiger partial charge in [0.25, 0.3) is 0 Å². The minimum absolute atomic E-state index is 1.20. The fourth-order valence-corrected chi connectivity index (χ4v) is 0. The lowest BCUT2D eigenvalue weighted by Crippen LogP contribution is -1.41. The highest BCUT2D eigenvalue weighted by atomic mass is 36.0. The minimum Gasteiger partial charge on any atom is -0.225 e. The molecule has 8 heavy (non-hydrogen) atoms. The summed E-state index contributed by atoms with van der Waals surface area (Å²) in [6.45, 7) is 0. The van der Waals surface area contributed by atoms with Crippen molar-refractivity contribution in [3.8, 4) is 0 Å². The maximum Gasteiger partial charge on any atom is 0.211 e. The molecule has 0 aromatic carbocycles. The summed E-state index contributed by atoms with van der Waals surface area (Å²) >= 11 is 14.6. The Morgan fingerprint density at radius 1 is 1.12 bits per heavy atom. The van der Waals surface area contributed by atoms with Crippen LogP contribution in [0.2, 0.25) is 0 Å². The van der Waals surface area contributed by atoms with Crippen LogP contribution in [-0.2, 0) is 9.23 Å². The lowest BCUT2D eigenvalue weighted by molar-refractivity contribution is 0.698. The van der Waals surface area contributed by atoms with E-state index in [9.17, 15) is 0 Å². The molecule has 0 aromatic heterocycles. The van der Waals surface area contributed by atoms with Crippen LogP contribution in [0.1, 0.15) is 0 Å². The highest BCUT2D eigenvalue weighted by molar-refractivity contribution is 8.26. The second-order valence-electron chi connectivity index (χ2n) is 0.376. The van der Waals surface area contributed by atoms with E-state index >= 15 is 0 Å². The van der Waals surface area contributed by atoms with Crippen LogP contribution in [0.5, 0.6) is 0 Å². The van der Waals surface area contributed by atoms with Gasteiger partial charge in [0.2, 0.25) is 9.23 Å². The standard InChI is InChI=1S/Cl3P.Cl2OS/c2*1-4(2)3. The molecule has 0 unspecified atom stereocenters. The predicted octanol–water partition coefficient (Wildman–Crippen LogP) is 3.97. The third-order valence-electron chi connectivity index (χ3n) is 0. The van der Waals surface area contributed by atoms with E-state index in [4.69, 9.17) is 37.9 Å². The Balaban J connectivity index is 0. The highest BCUT2D eigenvalue weighted by Crippen LogP contribution is 2.51. The van der Waals surface area contributed by atoms with Crippen LogP contribution in [0.4, 0.5) is 0 Å². The maximum atomic E-state index is 9.09. The van der Waals surface area contributed by atoms with Gasteiger partial charge in [0.05, 0.1) is 0 Å². The molecule has 0 N–H and O–H groups in total. The molecule has 0 bridgehead atoms. The van der Waals surface area contributed by atoms with E-state index in [1.165, 1.54) is 0 Å². The largest absolute Gasteiger partial charge is 0.225 e. The molecule has 0 spiro atoms. The quantitative estimate of drug-likeness (QED) is 0.473. The van der Waals surface area contributed by atoms with Gasteiger partial charge in [-0.3, -0.25) is 0 Å². The van der Waals surface area contributed by atoms with Crippen LogP contribution in [0.15, 0.2) is 0 Å². The zero-order chi connectivity index (χ0) is 7.15. The molecule has 0 aromatic rings. The molecule has 0 aliphatic heterocycles. The second-order valence-corrected chi connectivity index (χ2v) is 7.88. The number of halogens is 5. The molecule has 0 fully saturated rings. The van der Waals surface area contributed by atoms with Crippen molar-refractivity contribution in [2.75, 3.05) is 0 Å². The van der Waals surface area contributed by atoms with Crippen LogP contribution in [0, 0.1) is 0 Å². The molecule has 52 valence electrons. The summed E-state index contributed by atoms with van der Waals surface area (Å²) in [5, 5.41) is 0. The SMILES string of the molecule is ClP(Cl)Cl.O=S(Cl)Cl. The van der Waals surface area contributed by atoms with Crippen molar-refractivity contribution in [1.29, 1.82) is 0 Å². The first-order chi connectivity index (χ1) is 3.46. The van der Waals surface area contributed by atoms with Crippen LogP contribution in [-0.4, -0.2) is 4.21 Å². The van der Waals surface area contributed by atoms with Crippen molar-refractivity contribution in [3.63, 3.8) is 0 Å². The summed E-state index contributed by atoms with van der Waals surface area (Å²) in [6.07, 6.45) is 0. The predicted molar refractivity (Wildman–Crippen MR) is 44.3 cm³/mol. The molecular formula is Cl5OPS. The maximum absolute atomic E-state index is 9.09. The Morgan fingerprint density at radius 3 is 1.12 bits per heavy atom. The number of rotatable bonds is 0. The molecule has 0 saturated heterocycles. The fourth-order valence-electron chi connectivity index (χ4n) is 0. The number of hydrogen-bond acceptors (Lipinski definition) is 1. The summed E-state index contributed by atoms with van der Waals surface area (Å²) in [6, 6.07) is 0. The van der Waals surface area contributed by atoms with E-state index in [1.54, 1.807) is 0 Å². The molecule has 0 radical (unpaired) electrons. The normalized spacial score (nSPS) is 8.88. The lowest BCUT2D eigenvalue weighted by Gasteiger charge is -1.68. The Bertz CT molecular complexity index is 56.7. The Kier molecular flexibility index (Phi) is 14.3. The van der Waals surface area contributed by atoms with Gasteiger partial charge in [-0.15, -0.1) is 0 Å². The molecular weight excluding hydrogens is 256 g/mol. The van der Waals surface area contributed by atoms with Crippen LogP contribution < -0.4 is 0 Å². The zero-order valence-electron chi connectivity index (χ0n) is 3.15. The van der Waals surface area contributed by atoms with Crippen molar-refractivity contribution in [2.24, 2.45) is 0 Å². The van der Waals surface area contributed by atoms with Crippen molar-refractivity contribution in [2.45, 2.75) is 0 Å². The average molecular weight is 256 g/mol. The molecule has 0 aliphatic carbocycles. The summed E-state index contributed by atoms with van der Waals surface area (Å²) in [5.41, 5.74) is 0. The highest BCUT2D eigenvalue weighted by Gasteiger charge is 1.80. The van der Waals surface area contributed by atoms with E-state index < -0.39 is 15.2 Å². The molecule has 0 heterocycles. The third-order valence-corrected chi connectivity index (χ3v) is 0. The Labute approximate surface area is 74.2 Å². The average Bonchev–Trinajstić information content (AvgIpc) is 1.25. The lowest BCUT2D eigenvalue weighted by atomic mass is 16.0. The smallest absolute Gasteiger partial charge is 0.211 e. The van der Waals surface area contributed by atoms with Crippen LogP contribution in [0.25, 0.3) is 0 Å². The first-order valence-corrected chi connectivity index (χ1v) is 7.84. The molecule has 1 nitrogen and oxygen atoms in total. The Hall–Kier alpha value is 2.03. The van der Waals surface area contributed by atoms with Crippen molar-refractivity contribution in [1.82, 2.24) is 0 Å². The van der Waals surface area contributed by atoms with Gasteiger partial charge in [-0.05, 0) is 0 Å². The number of hydrogen-bond donors (Lipinski definition) is 0. The third kappa shape index (κ3) is 96.3. The van der Waals surface area contributed by atoms with Crippen LogP contribution in [0.3, 0.4) is 0 Å². The van der Waals surface area contributed by atoms with Gasteiger partial charge >= 0.3 is 0 Å². The van der Waals surface area contributed by atoms with Crippen molar-refractivity contribution < 1.29 is 4.21 Å². The minimum atomic E-state index is -1.67. The van der Waals surface area contributed by atoms with E-state index in [0.29, 0.717) is 0 Å². The van der Waals surface area contributed by atoms with Gasteiger partial charge in [0.15, 0.2) is 5.98 Å². The van der Waals surface area contributed by atoms with E-state index in [2.05, 4.69) is 21.4 Å². The van der Waals surface area contributed by atoms with E-state index in [-0.39, 0.29) is 0 Å². The molecule has 8 heteroatoms. The molecule has 0 amide bonds. The van der Waals surface area contributed by atoms with E-state index in [0.717, 1.165) is 0 Å². The fraction of sp³-hybridized carbons (Fsp3) is 0. The van der Waals surface area contributed by atoms with Gasteiger partial charge in [0, 0.05) is 21.4 Å². The van der Waals surface area contributed by atoms with Gasteiger partial charge in [-0.25, -0.2) is 4.21 Å². The second kappa shape index (κ2) is 9.03. The molecule has 0 aliphatic rings. The molecule has 0 saturated carbocycles. The first kappa shape index (κ1) is 12.7. The van der Waals surface area contributed by atoms with Gasteiger partial charge in [-0.2, -0.15) is 0 Å². The van der Waals surface area contributed by atoms with Crippen LogP contribution >= 0.6 is 61.1 Å². The topological polar surface area (TPSA) is 17.1 Å². The summed E-state index contributed by atoms with van der Waals surface area (Å²) < 4.78 is 9.09. The first-order valence-electron chi connectivity index (χ1n) is 0.982. The molecule has 0 atom stereocenters. The molecule has 0 rings (SSSR count). The van der Waals surface area contributed by atoms with Gasteiger partial charge < -0.3 is 0 Å². The van der Waals surface area contributed by atoms with Crippen molar-refractivity contribution in [3.05, 3.63) is 0 Å². The van der Waals surface area contributed by atoms with Gasteiger partial charge in [0.1, 0.15) is 0 Å². The van der Waals surface area contributed by atoms with Gasteiger partial charge in [-0.1, -0.05) is 33.7 Å². The van der Waals surface area contributed by atoms with E-state index in [1.807, 2.05) is 0 Å². The van der Waals surface area contributed by atoms with Crippen molar-refractivity contribution >= 4 is 70.3 Å². The Morgan fingerprint density at radius 2 is 1.12 bits per heavy atom. The summed E-state index contributed by atoms with van der Waals surface area (Å²) in [7, 11) is 7.36. The zero-order valence-corrected chi connectivity index (χ0v) is 8.64. The monoisotopic (exact) mass is 254 g/mol.